The number of aryl methyl sites for hydroxylation is 2. The summed E-state index contributed by atoms with van der Waals surface area (Å²) in [4.78, 5) is 9.51. The van der Waals surface area contributed by atoms with Gasteiger partial charge >= 0.3 is 0 Å². The van der Waals surface area contributed by atoms with Gasteiger partial charge in [-0.25, -0.2) is 0 Å². The number of aliphatic hydroxyl groups is 1. The summed E-state index contributed by atoms with van der Waals surface area (Å²) < 4.78 is 0. The van der Waals surface area contributed by atoms with E-state index in [0.29, 0.717) is 5.92 Å². The predicted octanol–water partition coefficient (Wildman–Crippen LogP) is 3.20. The Kier molecular flexibility index (Phi) is 5.23. The highest BCUT2D eigenvalue weighted by Gasteiger charge is 2.27. The first-order valence-electron chi connectivity index (χ1n) is 9.85. The number of piperazine rings is 1. The molecule has 0 unspecified atom stereocenters. The lowest BCUT2D eigenvalue weighted by Crippen LogP contribution is -2.48. The molecule has 1 saturated heterocycles. The first-order valence-corrected chi connectivity index (χ1v) is 9.85. The normalized spacial score (nSPS) is 24.2. The highest BCUT2D eigenvalue weighted by atomic mass is 16.3. The molecular formula is C22H29N3O. The fourth-order valence-electron chi connectivity index (χ4n) is 4.49. The monoisotopic (exact) mass is 351 g/mol. The van der Waals surface area contributed by atoms with Gasteiger partial charge in [0.15, 0.2) is 0 Å². The molecule has 4 rings (SSSR count). The van der Waals surface area contributed by atoms with Crippen molar-refractivity contribution < 1.29 is 5.11 Å². The predicted molar refractivity (Wildman–Crippen MR) is 105 cm³/mol. The zero-order valence-electron chi connectivity index (χ0n) is 15.6. The molecule has 2 heterocycles. The van der Waals surface area contributed by atoms with Crippen molar-refractivity contribution in [3.8, 4) is 0 Å². The van der Waals surface area contributed by atoms with Crippen LogP contribution in [0.15, 0.2) is 42.6 Å². The van der Waals surface area contributed by atoms with Crippen molar-refractivity contribution in [2.75, 3.05) is 37.6 Å². The highest BCUT2D eigenvalue weighted by molar-refractivity contribution is 5.53. The third-order valence-electron chi connectivity index (χ3n) is 5.97. The van der Waals surface area contributed by atoms with Gasteiger partial charge in [0.05, 0.1) is 11.8 Å². The second kappa shape index (κ2) is 7.77. The largest absolute Gasteiger partial charge is 0.387 e. The van der Waals surface area contributed by atoms with Gasteiger partial charge in [0.2, 0.25) is 0 Å². The Bertz CT molecular complexity index is 740. The summed E-state index contributed by atoms with van der Waals surface area (Å²) in [5, 5.41) is 10.6. The summed E-state index contributed by atoms with van der Waals surface area (Å²) in [6.07, 6.45) is 4.41. The molecule has 4 nitrogen and oxygen atoms in total. The zero-order valence-corrected chi connectivity index (χ0v) is 15.6. The minimum absolute atomic E-state index is 0.410. The molecule has 1 aliphatic carbocycles. The van der Waals surface area contributed by atoms with Crippen LogP contribution in [-0.4, -0.2) is 47.7 Å². The second-order valence-corrected chi connectivity index (χ2v) is 7.78. The summed E-state index contributed by atoms with van der Waals surface area (Å²) in [6, 6.07) is 12.8. The molecule has 0 amide bonds. The molecule has 0 radical (unpaired) electrons. The lowest BCUT2D eigenvalue weighted by molar-refractivity contribution is 0.121. The Balaban J connectivity index is 1.33. The average molecular weight is 351 g/mol. The summed E-state index contributed by atoms with van der Waals surface area (Å²) in [7, 11) is 0. The van der Waals surface area contributed by atoms with E-state index in [9.17, 15) is 5.11 Å². The lowest BCUT2D eigenvalue weighted by Gasteiger charge is -2.38. The molecule has 138 valence electrons. The van der Waals surface area contributed by atoms with Crippen LogP contribution in [0.2, 0.25) is 0 Å². The molecule has 0 saturated carbocycles. The topological polar surface area (TPSA) is 39.6 Å². The summed E-state index contributed by atoms with van der Waals surface area (Å²) in [5.74, 6) is 0.546. The van der Waals surface area contributed by atoms with Crippen molar-refractivity contribution in [1.29, 1.82) is 0 Å². The van der Waals surface area contributed by atoms with Crippen LogP contribution >= 0.6 is 0 Å². The molecule has 1 N–H and O–H groups in total. The van der Waals surface area contributed by atoms with E-state index in [1.807, 2.05) is 6.07 Å². The number of aliphatic hydroxyl groups excluding tert-OH is 1. The van der Waals surface area contributed by atoms with Crippen molar-refractivity contribution in [2.24, 2.45) is 5.92 Å². The van der Waals surface area contributed by atoms with Crippen molar-refractivity contribution >= 4 is 5.69 Å². The number of rotatable bonds is 3. The van der Waals surface area contributed by atoms with Crippen LogP contribution in [0.5, 0.6) is 0 Å². The smallest absolute Gasteiger partial charge is 0.0965 e. The number of hydrogen-bond donors (Lipinski definition) is 1. The van der Waals surface area contributed by atoms with Crippen LogP contribution < -0.4 is 4.90 Å². The van der Waals surface area contributed by atoms with E-state index in [1.165, 1.54) is 16.8 Å². The molecule has 1 aromatic carbocycles. The standard InChI is InChI=1S/C22H29N3O/c1-17-5-2-3-7-20(17)25-13-11-24(12-14-25)16-18-8-9-19-6-4-10-23-22(19)21(26)15-18/h2-7,10,18,21,26H,8-9,11-16H2,1H3/t18-,21+/m1/s1. The minimum Gasteiger partial charge on any atom is -0.387 e. The summed E-state index contributed by atoms with van der Waals surface area (Å²) in [5.41, 5.74) is 4.86. The first kappa shape index (κ1) is 17.5. The van der Waals surface area contributed by atoms with Crippen LogP contribution in [0.3, 0.4) is 0 Å². The van der Waals surface area contributed by atoms with Crippen molar-refractivity contribution in [3.05, 3.63) is 59.4 Å². The van der Waals surface area contributed by atoms with Gasteiger partial charge in [0.1, 0.15) is 0 Å². The van der Waals surface area contributed by atoms with Gasteiger partial charge in [-0.1, -0.05) is 24.3 Å². The summed E-state index contributed by atoms with van der Waals surface area (Å²) >= 11 is 0. The molecule has 0 spiro atoms. The van der Waals surface area contributed by atoms with E-state index in [4.69, 9.17) is 0 Å². The minimum atomic E-state index is -0.410. The molecule has 2 aliphatic rings. The lowest BCUT2D eigenvalue weighted by atomic mass is 9.97. The Morgan fingerprint density at radius 2 is 1.88 bits per heavy atom. The van der Waals surface area contributed by atoms with Gasteiger partial charge in [0, 0.05) is 44.6 Å². The molecule has 0 bridgehead atoms. The van der Waals surface area contributed by atoms with E-state index < -0.39 is 6.10 Å². The van der Waals surface area contributed by atoms with E-state index in [-0.39, 0.29) is 0 Å². The van der Waals surface area contributed by atoms with Crippen molar-refractivity contribution in [1.82, 2.24) is 9.88 Å². The van der Waals surface area contributed by atoms with Gasteiger partial charge in [-0.05, 0) is 55.4 Å². The number of anilines is 1. The molecule has 1 fully saturated rings. The molecule has 4 heteroatoms. The van der Waals surface area contributed by atoms with Crippen LogP contribution in [0, 0.1) is 12.8 Å². The van der Waals surface area contributed by atoms with E-state index in [1.54, 1.807) is 6.20 Å². The third-order valence-corrected chi connectivity index (χ3v) is 5.97. The Morgan fingerprint density at radius 1 is 1.08 bits per heavy atom. The molecule has 1 aromatic heterocycles. The number of nitrogens with zero attached hydrogens (tertiary/aromatic N) is 3. The van der Waals surface area contributed by atoms with Gasteiger partial charge < -0.3 is 10.0 Å². The molecule has 2 atom stereocenters. The highest BCUT2D eigenvalue weighted by Crippen LogP contribution is 2.31. The number of aromatic nitrogens is 1. The van der Waals surface area contributed by atoms with Gasteiger partial charge in [-0.15, -0.1) is 0 Å². The van der Waals surface area contributed by atoms with Gasteiger partial charge in [-0.3, -0.25) is 9.88 Å². The maximum absolute atomic E-state index is 10.6. The number of para-hydroxylation sites is 1. The fraction of sp³-hybridized carbons (Fsp3) is 0.500. The van der Waals surface area contributed by atoms with Crippen LogP contribution in [0.4, 0.5) is 5.69 Å². The Morgan fingerprint density at radius 3 is 2.69 bits per heavy atom. The van der Waals surface area contributed by atoms with E-state index >= 15 is 0 Å². The molecule has 2 aromatic rings. The number of fused-ring (bicyclic) bond motifs is 1. The van der Waals surface area contributed by atoms with Gasteiger partial charge in [-0.2, -0.15) is 0 Å². The second-order valence-electron chi connectivity index (χ2n) is 7.78. The quantitative estimate of drug-likeness (QED) is 0.862. The van der Waals surface area contributed by atoms with Crippen LogP contribution in [-0.2, 0) is 6.42 Å². The molecular weight excluding hydrogens is 322 g/mol. The van der Waals surface area contributed by atoms with Crippen LogP contribution in [0.1, 0.15) is 35.8 Å². The SMILES string of the molecule is Cc1ccccc1N1CCN(C[C@@H]2CCc3cccnc3[C@@H](O)C2)CC1. The number of benzene rings is 1. The van der Waals surface area contributed by atoms with E-state index in [2.05, 4.69) is 52.0 Å². The number of pyridine rings is 1. The van der Waals surface area contributed by atoms with Crippen molar-refractivity contribution in [3.63, 3.8) is 0 Å². The molecule has 26 heavy (non-hydrogen) atoms. The van der Waals surface area contributed by atoms with E-state index in [0.717, 1.165) is 57.7 Å². The summed E-state index contributed by atoms with van der Waals surface area (Å²) in [6.45, 7) is 7.66. The average Bonchev–Trinajstić information content (AvgIpc) is 2.82. The zero-order chi connectivity index (χ0) is 17.9. The fourth-order valence-corrected chi connectivity index (χ4v) is 4.49. The number of hydrogen-bond acceptors (Lipinski definition) is 4. The first-order chi connectivity index (χ1) is 12.7. The van der Waals surface area contributed by atoms with Crippen molar-refractivity contribution in [2.45, 2.75) is 32.3 Å². The maximum Gasteiger partial charge on any atom is 0.0965 e. The Hall–Kier alpha value is -1.91. The van der Waals surface area contributed by atoms with Crippen LogP contribution in [0.25, 0.3) is 0 Å². The Labute approximate surface area is 156 Å². The molecule has 1 aliphatic heterocycles. The third kappa shape index (κ3) is 3.76. The van der Waals surface area contributed by atoms with Gasteiger partial charge in [0.25, 0.3) is 0 Å². The maximum atomic E-state index is 10.6.